The fourth-order valence-corrected chi connectivity index (χ4v) is 1.23. The summed E-state index contributed by atoms with van der Waals surface area (Å²) < 4.78 is 0. The van der Waals surface area contributed by atoms with Crippen molar-refractivity contribution in [2.75, 3.05) is 5.32 Å². The number of carboxylic acid groups (broad SMARTS) is 1. The van der Waals surface area contributed by atoms with E-state index in [1.54, 1.807) is 0 Å². The van der Waals surface area contributed by atoms with Gasteiger partial charge in [-0.3, -0.25) is 4.79 Å². The zero-order valence-electron chi connectivity index (χ0n) is 10.0. The van der Waals surface area contributed by atoms with Gasteiger partial charge in [-0.25, -0.2) is 9.59 Å². The van der Waals surface area contributed by atoms with Crippen LogP contribution in [0.4, 0.5) is 10.5 Å². The lowest BCUT2D eigenvalue weighted by molar-refractivity contribution is -0.119. The minimum atomic E-state index is -1.28. The van der Waals surface area contributed by atoms with E-state index in [9.17, 15) is 19.5 Å². The highest BCUT2D eigenvalue weighted by molar-refractivity contribution is 5.95. The van der Waals surface area contributed by atoms with Crippen LogP contribution in [0.1, 0.15) is 17.3 Å². The van der Waals surface area contributed by atoms with Crippen LogP contribution in [0, 0.1) is 0 Å². The molecule has 1 rings (SSSR count). The Hall–Kier alpha value is -2.77. The molecule has 0 heterocycles. The zero-order chi connectivity index (χ0) is 14.6. The van der Waals surface area contributed by atoms with Gasteiger partial charge < -0.3 is 26.6 Å². The highest BCUT2D eigenvalue weighted by Gasteiger charge is 2.14. The Morgan fingerprint density at radius 1 is 1.32 bits per heavy atom. The maximum atomic E-state index is 11.4. The molecule has 0 aliphatic heterocycles. The number of primary amides is 1. The van der Waals surface area contributed by atoms with E-state index in [0.717, 1.165) is 12.1 Å². The number of amides is 3. The summed E-state index contributed by atoms with van der Waals surface area (Å²) in [4.78, 5) is 32.8. The number of nitrogens with two attached hydrogens (primary N) is 1. The minimum Gasteiger partial charge on any atom is -0.507 e. The van der Waals surface area contributed by atoms with Gasteiger partial charge in [-0.1, -0.05) is 0 Å². The van der Waals surface area contributed by atoms with E-state index in [1.807, 2.05) is 0 Å². The van der Waals surface area contributed by atoms with Gasteiger partial charge in [0.15, 0.2) is 0 Å². The van der Waals surface area contributed by atoms with Crippen LogP contribution in [0.5, 0.6) is 5.75 Å². The number of carbonyl (C=O) groups is 3. The molecule has 0 bridgehead atoms. The molecule has 19 heavy (non-hydrogen) atoms. The number of aromatic carboxylic acids is 1. The predicted octanol–water partition coefficient (Wildman–Crippen LogP) is 0.0857. The Morgan fingerprint density at radius 2 is 1.95 bits per heavy atom. The lowest BCUT2D eigenvalue weighted by Gasteiger charge is -2.11. The number of anilines is 1. The van der Waals surface area contributed by atoms with E-state index >= 15 is 0 Å². The minimum absolute atomic E-state index is 0.177. The normalized spacial score (nSPS) is 11.4. The number of hydrogen-bond acceptors (Lipinski definition) is 4. The molecule has 8 nitrogen and oxygen atoms in total. The van der Waals surface area contributed by atoms with Crippen molar-refractivity contribution in [2.45, 2.75) is 13.0 Å². The van der Waals surface area contributed by atoms with Gasteiger partial charge in [0, 0.05) is 11.8 Å². The van der Waals surface area contributed by atoms with Crippen molar-refractivity contribution in [2.24, 2.45) is 5.73 Å². The van der Waals surface area contributed by atoms with E-state index in [1.165, 1.54) is 13.0 Å². The van der Waals surface area contributed by atoms with Crippen molar-refractivity contribution < 1.29 is 24.6 Å². The second-order valence-corrected chi connectivity index (χ2v) is 3.76. The molecule has 0 spiro atoms. The predicted molar refractivity (Wildman–Crippen MR) is 65.9 cm³/mol. The van der Waals surface area contributed by atoms with Crippen molar-refractivity contribution in [3.05, 3.63) is 23.8 Å². The van der Waals surface area contributed by atoms with Gasteiger partial charge in [0.1, 0.15) is 17.4 Å². The van der Waals surface area contributed by atoms with Crippen molar-refractivity contribution in [3.63, 3.8) is 0 Å². The second-order valence-electron chi connectivity index (χ2n) is 3.76. The average molecular weight is 267 g/mol. The van der Waals surface area contributed by atoms with Crippen molar-refractivity contribution >= 4 is 23.6 Å². The standard InChI is InChI=1S/C11H13N3O5/c1-5(9(12)16)13-11(19)14-6-2-3-7(10(17)18)8(15)4-6/h2-5,15H,1H3,(H2,12,16)(H,17,18)(H2,13,14,19). The van der Waals surface area contributed by atoms with Crippen LogP contribution in [-0.4, -0.2) is 34.2 Å². The van der Waals surface area contributed by atoms with E-state index in [-0.39, 0.29) is 11.3 Å². The maximum absolute atomic E-state index is 11.4. The van der Waals surface area contributed by atoms with E-state index in [4.69, 9.17) is 10.8 Å². The van der Waals surface area contributed by atoms with Crippen molar-refractivity contribution in [1.82, 2.24) is 5.32 Å². The number of nitrogens with one attached hydrogen (secondary N) is 2. The Kier molecular flexibility index (Phi) is 4.30. The van der Waals surface area contributed by atoms with E-state index in [0.29, 0.717) is 0 Å². The van der Waals surface area contributed by atoms with Gasteiger partial charge >= 0.3 is 12.0 Å². The Labute approximate surface area is 108 Å². The van der Waals surface area contributed by atoms with Gasteiger partial charge in [0.2, 0.25) is 5.91 Å². The molecule has 0 aromatic heterocycles. The first-order chi connectivity index (χ1) is 8.81. The first-order valence-corrected chi connectivity index (χ1v) is 5.24. The summed E-state index contributed by atoms with van der Waals surface area (Å²) in [5.74, 6) is -2.46. The van der Waals surface area contributed by atoms with Crippen LogP contribution in [0.2, 0.25) is 0 Å². The third-order valence-electron chi connectivity index (χ3n) is 2.26. The summed E-state index contributed by atoms with van der Waals surface area (Å²) in [5, 5.41) is 22.7. The molecule has 0 radical (unpaired) electrons. The van der Waals surface area contributed by atoms with Crippen molar-refractivity contribution in [3.8, 4) is 5.75 Å². The number of phenols is 1. The maximum Gasteiger partial charge on any atom is 0.339 e. The molecule has 6 N–H and O–H groups in total. The quantitative estimate of drug-likeness (QED) is 0.525. The van der Waals surface area contributed by atoms with Gasteiger partial charge in [-0.05, 0) is 19.1 Å². The molecule has 1 atom stereocenters. The third kappa shape index (κ3) is 3.87. The van der Waals surface area contributed by atoms with Crippen LogP contribution in [0.3, 0.4) is 0 Å². The van der Waals surface area contributed by atoms with Crippen LogP contribution in [0.15, 0.2) is 18.2 Å². The molecule has 1 unspecified atom stereocenters. The topological polar surface area (TPSA) is 142 Å². The molecule has 102 valence electrons. The number of carbonyl (C=O) groups excluding carboxylic acids is 2. The molecule has 1 aromatic rings. The lowest BCUT2D eigenvalue weighted by atomic mass is 10.2. The Balaban J connectivity index is 2.73. The molecule has 0 aliphatic rings. The first kappa shape index (κ1) is 14.3. The number of carboxylic acids is 1. The smallest absolute Gasteiger partial charge is 0.339 e. The molecule has 0 saturated heterocycles. The number of urea groups is 1. The first-order valence-electron chi connectivity index (χ1n) is 5.24. The molecule has 1 aromatic carbocycles. The summed E-state index contributed by atoms with van der Waals surface area (Å²) in [6.45, 7) is 1.41. The van der Waals surface area contributed by atoms with Crippen LogP contribution in [0.25, 0.3) is 0 Å². The number of rotatable bonds is 4. The fraction of sp³-hybridized carbons (Fsp3) is 0.182. The molecular formula is C11H13N3O5. The van der Waals surface area contributed by atoms with Crippen LogP contribution < -0.4 is 16.4 Å². The molecule has 3 amide bonds. The van der Waals surface area contributed by atoms with E-state index in [2.05, 4.69) is 10.6 Å². The summed E-state index contributed by atoms with van der Waals surface area (Å²) in [6.07, 6.45) is 0. The highest BCUT2D eigenvalue weighted by Crippen LogP contribution is 2.21. The van der Waals surface area contributed by atoms with Crippen molar-refractivity contribution in [1.29, 1.82) is 0 Å². The van der Waals surface area contributed by atoms with Gasteiger partial charge in [-0.2, -0.15) is 0 Å². The number of aromatic hydroxyl groups is 1. The fourth-order valence-electron chi connectivity index (χ4n) is 1.23. The van der Waals surface area contributed by atoms with Gasteiger partial charge in [0.25, 0.3) is 0 Å². The lowest BCUT2D eigenvalue weighted by Crippen LogP contribution is -2.44. The summed E-state index contributed by atoms with van der Waals surface area (Å²) in [7, 11) is 0. The molecule has 0 saturated carbocycles. The second kappa shape index (κ2) is 5.71. The Bertz CT molecular complexity index is 529. The largest absolute Gasteiger partial charge is 0.507 e. The highest BCUT2D eigenvalue weighted by atomic mass is 16.4. The average Bonchev–Trinajstić information content (AvgIpc) is 2.27. The third-order valence-corrected chi connectivity index (χ3v) is 2.26. The molecular weight excluding hydrogens is 254 g/mol. The molecule has 8 heteroatoms. The molecule has 0 aliphatic carbocycles. The summed E-state index contributed by atoms with van der Waals surface area (Å²) in [5.41, 5.74) is 4.86. The molecule has 0 fully saturated rings. The van der Waals surface area contributed by atoms with E-state index < -0.39 is 29.7 Å². The SMILES string of the molecule is CC(NC(=O)Nc1ccc(C(=O)O)c(O)c1)C(N)=O. The summed E-state index contributed by atoms with van der Waals surface area (Å²) >= 11 is 0. The van der Waals surface area contributed by atoms with Crippen LogP contribution in [-0.2, 0) is 4.79 Å². The van der Waals surface area contributed by atoms with Gasteiger partial charge in [0.05, 0.1) is 0 Å². The monoisotopic (exact) mass is 267 g/mol. The number of hydrogen-bond donors (Lipinski definition) is 5. The van der Waals surface area contributed by atoms with Gasteiger partial charge in [-0.15, -0.1) is 0 Å². The summed E-state index contributed by atoms with van der Waals surface area (Å²) in [6, 6.07) is 1.97. The van der Waals surface area contributed by atoms with Crippen LogP contribution >= 0.6 is 0 Å². The zero-order valence-corrected chi connectivity index (χ0v) is 10.0. The Morgan fingerprint density at radius 3 is 2.42 bits per heavy atom. The number of benzene rings is 1.